The number of hydrogen-bond donors (Lipinski definition) is 9. The van der Waals surface area contributed by atoms with Crippen LogP contribution < -0.4 is 32.7 Å². The van der Waals surface area contributed by atoms with Crippen LogP contribution in [0.1, 0.15) is 71.3 Å². The topological polar surface area (TPSA) is 267 Å². The smallest absolute Gasteiger partial charge is 0.307 e. The minimum Gasteiger partial charge on any atom is -0.481 e. The van der Waals surface area contributed by atoms with Gasteiger partial charge in [0.2, 0.25) is 17.7 Å². The first-order valence-corrected chi connectivity index (χ1v) is 15.4. The van der Waals surface area contributed by atoms with Crippen molar-refractivity contribution in [2.24, 2.45) is 23.3 Å². The first-order valence-electron chi connectivity index (χ1n) is 15.4. The maximum atomic E-state index is 13.3. The standard InChI is InChI=1S/C31H49N7O8/c1-4-5-13-22(36-27(42)21(32)12-9-14-35-31(33)34)28(43)37-23(17-25(40)41)29(44)38-26(18(2)3)24(39)16-20(30(45)46)15-19-10-7-6-8-11-19/h6-8,10-11,18,20-23,26H,4-5,9,12-17,32H2,1-3H3,(H,36,42)(H,37,43)(H,38,44)(H,40,41)(H,45,46)(H4,33,34,35)/t20?,21-,22-,23-,26?/m0/s1. The molecule has 1 aromatic carbocycles. The summed E-state index contributed by atoms with van der Waals surface area (Å²) in [5.74, 6) is -7.21. The van der Waals surface area contributed by atoms with Crippen molar-refractivity contribution in [1.82, 2.24) is 21.3 Å². The van der Waals surface area contributed by atoms with Gasteiger partial charge in [0.25, 0.3) is 0 Å². The number of aliphatic carboxylic acids is 2. The number of nitrogens with two attached hydrogens (primary N) is 2. The number of hydrogen-bond acceptors (Lipinski definition) is 8. The van der Waals surface area contributed by atoms with E-state index in [-0.39, 0.29) is 31.6 Å². The van der Waals surface area contributed by atoms with Gasteiger partial charge in [0, 0.05) is 13.0 Å². The molecule has 0 aliphatic heterocycles. The van der Waals surface area contributed by atoms with Gasteiger partial charge in [0.1, 0.15) is 12.1 Å². The molecule has 1 aromatic rings. The van der Waals surface area contributed by atoms with Crippen LogP contribution in [0.4, 0.5) is 0 Å². The molecule has 0 saturated carbocycles. The fraction of sp³-hybridized carbons (Fsp3) is 0.581. The second kappa shape index (κ2) is 20.5. The summed E-state index contributed by atoms with van der Waals surface area (Å²) < 4.78 is 0. The number of carbonyl (C=O) groups is 6. The fourth-order valence-corrected chi connectivity index (χ4v) is 4.68. The van der Waals surface area contributed by atoms with Crippen molar-refractivity contribution in [3.05, 3.63) is 35.9 Å². The fourth-order valence-electron chi connectivity index (χ4n) is 4.68. The number of carboxylic acids is 2. The van der Waals surface area contributed by atoms with Gasteiger partial charge in [0.15, 0.2) is 11.7 Å². The zero-order valence-electron chi connectivity index (χ0n) is 26.7. The van der Waals surface area contributed by atoms with Crippen LogP contribution in [0.5, 0.6) is 0 Å². The largest absolute Gasteiger partial charge is 0.481 e. The van der Waals surface area contributed by atoms with Crippen LogP contribution in [0.15, 0.2) is 30.3 Å². The highest BCUT2D eigenvalue weighted by Crippen LogP contribution is 2.17. The van der Waals surface area contributed by atoms with Crippen LogP contribution >= 0.6 is 0 Å². The van der Waals surface area contributed by atoms with E-state index in [1.54, 1.807) is 44.2 Å². The lowest BCUT2D eigenvalue weighted by Gasteiger charge is -2.27. The van der Waals surface area contributed by atoms with Crippen molar-refractivity contribution in [2.45, 2.75) is 96.3 Å². The molecule has 46 heavy (non-hydrogen) atoms. The van der Waals surface area contributed by atoms with E-state index in [4.69, 9.17) is 16.9 Å². The van der Waals surface area contributed by atoms with Gasteiger partial charge in [-0.1, -0.05) is 63.9 Å². The number of Topliss-reactive ketones (excluding diaryl/α,β-unsaturated/α-hetero) is 1. The van der Waals surface area contributed by atoms with Gasteiger partial charge in [-0.15, -0.1) is 0 Å². The van der Waals surface area contributed by atoms with E-state index in [2.05, 4.69) is 21.3 Å². The number of amides is 3. The van der Waals surface area contributed by atoms with Crippen LogP contribution in [-0.2, 0) is 35.2 Å². The molecule has 11 N–H and O–H groups in total. The Morgan fingerprint density at radius 1 is 0.848 bits per heavy atom. The number of carboxylic acid groups (broad SMARTS) is 2. The summed E-state index contributed by atoms with van der Waals surface area (Å²) in [5.41, 5.74) is 11.9. The Bertz CT molecular complexity index is 1190. The Morgan fingerprint density at radius 3 is 2.00 bits per heavy atom. The van der Waals surface area contributed by atoms with Gasteiger partial charge in [-0.2, -0.15) is 0 Å². The predicted octanol–water partition coefficient (Wildman–Crippen LogP) is 0.255. The average molecular weight is 648 g/mol. The highest BCUT2D eigenvalue weighted by molar-refractivity contribution is 5.97. The van der Waals surface area contributed by atoms with Crippen LogP contribution in [0.2, 0.25) is 0 Å². The molecule has 1 rings (SSSR count). The second-order valence-corrected chi connectivity index (χ2v) is 11.6. The number of unbranched alkanes of at least 4 members (excludes halogenated alkanes) is 1. The molecule has 3 amide bonds. The Morgan fingerprint density at radius 2 is 1.46 bits per heavy atom. The number of benzene rings is 1. The highest BCUT2D eigenvalue weighted by atomic mass is 16.4. The number of guanidine groups is 1. The molecule has 15 nitrogen and oxygen atoms in total. The highest BCUT2D eigenvalue weighted by Gasteiger charge is 2.34. The van der Waals surface area contributed by atoms with E-state index in [0.29, 0.717) is 25.8 Å². The second-order valence-electron chi connectivity index (χ2n) is 11.6. The third kappa shape index (κ3) is 15.0. The minimum atomic E-state index is -1.59. The quantitative estimate of drug-likeness (QED) is 0.0468. The van der Waals surface area contributed by atoms with Crippen molar-refractivity contribution in [3.8, 4) is 0 Å². The summed E-state index contributed by atoms with van der Waals surface area (Å²) in [4.78, 5) is 76.2. The predicted molar refractivity (Wildman–Crippen MR) is 170 cm³/mol. The lowest BCUT2D eigenvalue weighted by atomic mass is 9.89. The van der Waals surface area contributed by atoms with Gasteiger partial charge >= 0.3 is 11.9 Å². The summed E-state index contributed by atoms with van der Waals surface area (Å²) in [6, 6.07) is 3.97. The third-order valence-corrected chi connectivity index (χ3v) is 7.27. The first-order chi connectivity index (χ1) is 21.7. The zero-order valence-corrected chi connectivity index (χ0v) is 26.7. The molecule has 2 unspecified atom stereocenters. The molecule has 0 radical (unpaired) electrons. The summed E-state index contributed by atoms with van der Waals surface area (Å²) in [5, 5.41) is 36.5. The number of rotatable bonds is 22. The lowest BCUT2D eigenvalue weighted by molar-refractivity contribution is -0.144. The maximum Gasteiger partial charge on any atom is 0.307 e. The molecular weight excluding hydrogens is 598 g/mol. The Kier molecular flexibility index (Phi) is 17.6. The molecule has 0 fully saturated rings. The molecule has 0 aromatic heterocycles. The molecule has 0 bridgehead atoms. The SMILES string of the molecule is CCCC[C@H](NC(=O)[C@@H](N)CCCNC(=N)N)C(=O)N[C@@H](CC(=O)O)C(=O)NC(C(=O)CC(Cc1ccccc1)C(=O)O)C(C)C. The molecule has 0 saturated heterocycles. The Labute approximate surface area is 269 Å². The van der Waals surface area contributed by atoms with E-state index in [0.717, 1.165) is 5.56 Å². The van der Waals surface area contributed by atoms with Crippen LogP contribution in [-0.4, -0.2) is 82.3 Å². The van der Waals surface area contributed by atoms with E-state index >= 15 is 0 Å². The monoisotopic (exact) mass is 647 g/mol. The van der Waals surface area contributed by atoms with Crippen molar-refractivity contribution in [3.63, 3.8) is 0 Å². The Balaban J connectivity index is 3.02. The average Bonchev–Trinajstić information content (AvgIpc) is 2.98. The van der Waals surface area contributed by atoms with Crippen molar-refractivity contribution in [1.29, 1.82) is 5.41 Å². The van der Waals surface area contributed by atoms with E-state index in [1.807, 2.05) is 6.92 Å². The van der Waals surface area contributed by atoms with Gasteiger partial charge in [-0.05, 0) is 37.2 Å². The first kappa shape index (κ1) is 39.5. The molecule has 0 heterocycles. The zero-order chi connectivity index (χ0) is 34.8. The summed E-state index contributed by atoms with van der Waals surface area (Å²) in [6.45, 7) is 5.50. The van der Waals surface area contributed by atoms with Gasteiger partial charge < -0.3 is 42.9 Å². The third-order valence-electron chi connectivity index (χ3n) is 7.27. The number of nitrogens with one attached hydrogen (secondary N) is 5. The normalized spacial score (nSPS) is 14.2. The number of carbonyl (C=O) groups excluding carboxylic acids is 4. The van der Waals surface area contributed by atoms with Crippen LogP contribution in [0, 0.1) is 17.2 Å². The summed E-state index contributed by atoms with van der Waals surface area (Å²) in [7, 11) is 0. The van der Waals surface area contributed by atoms with Crippen molar-refractivity contribution in [2.75, 3.05) is 6.54 Å². The molecule has 0 spiro atoms. The van der Waals surface area contributed by atoms with E-state index < -0.39 is 77.9 Å². The molecule has 0 aliphatic rings. The summed E-state index contributed by atoms with van der Waals surface area (Å²) in [6.07, 6.45) is 0.984. The molecule has 0 aliphatic carbocycles. The van der Waals surface area contributed by atoms with Gasteiger partial charge in [-0.25, -0.2) is 0 Å². The van der Waals surface area contributed by atoms with Gasteiger partial charge in [0.05, 0.1) is 24.4 Å². The van der Waals surface area contributed by atoms with Gasteiger partial charge in [-0.3, -0.25) is 34.2 Å². The molecule has 256 valence electrons. The Hall–Kier alpha value is -4.53. The van der Waals surface area contributed by atoms with Crippen LogP contribution in [0.3, 0.4) is 0 Å². The molecule has 15 heteroatoms. The number of ketones is 1. The minimum absolute atomic E-state index is 0.0994. The van der Waals surface area contributed by atoms with Crippen LogP contribution in [0.25, 0.3) is 0 Å². The molecule has 5 atom stereocenters. The maximum absolute atomic E-state index is 13.3. The van der Waals surface area contributed by atoms with E-state index in [1.165, 1.54) is 0 Å². The molecular formula is C31H49N7O8. The van der Waals surface area contributed by atoms with Crippen molar-refractivity contribution >= 4 is 41.4 Å². The lowest BCUT2D eigenvalue weighted by Crippen LogP contribution is -2.58. The van der Waals surface area contributed by atoms with E-state index in [9.17, 15) is 39.0 Å². The summed E-state index contributed by atoms with van der Waals surface area (Å²) >= 11 is 0. The van der Waals surface area contributed by atoms with Crippen molar-refractivity contribution < 1.29 is 39.0 Å².